The number of halogens is 2. The van der Waals surface area contributed by atoms with Gasteiger partial charge in [0.25, 0.3) is 0 Å². The highest BCUT2D eigenvalue weighted by Crippen LogP contribution is 2.26. The van der Waals surface area contributed by atoms with E-state index in [4.69, 9.17) is 4.55 Å². The van der Waals surface area contributed by atoms with Crippen LogP contribution in [0.15, 0.2) is 12.2 Å². The fraction of sp³-hybridized carbons (Fsp3) is 0.667. The van der Waals surface area contributed by atoms with Crippen LogP contribution in [0.1, 0.15) is 26.2 Å². The van der Waals surface area contributed by atoms with E-state index in [9.17, 15) is 22.0 Å². The third-order valence-corrected chi connectivity index (χ3v) is 2.78. The van der Waals surface area contributed by atoms with Gasteiger partial charge >= 0.3 is 21.3 Å². The van der Waals surface area contributed by atoms with E-state index in [-0.39, 0.29) is 25.0 Å². The average molecular weight is 272 g/mol. The molecule has 0 aromatic carbocycles. The van der Waals surface area contributed by atoms with E-state index in [1.807, 2.05) is 0 Å². The summed E-state index contributed by atoms with van der Waals surface area (Å²) in [5, 5.41) is -4.16. The SMILES string of the molecule is C=C(C)C(=O)OCCCCC(F)(F)S(=O)(=O)O. The summed E-state index contributed by atoms with van der Waals surface area (Å²) in [6, 6.07) is 0. The molecule has 17 heavy (non-hydrogen) atoms. The lowest BCUT2D eigenvalue weighted by Crippen LogP contribution is -2.28. The molecular weight excluding hydrogens is 258 g/mol. The average Bonchev–Trinajstić information content (AvgIpc) is 2.14. The van der Waals surface area contributed by atoms with E-state index in [0.29, 0.717) is 0 Å². The Balaban J connectivity index is 3.88. The van der Waals surface area contributed by atoms with Gasteiger partial charge in [-0.2, -0.15) is 17.2 Å². The molecule has 0 aliphatic rings. The minimum atomic E-state index is -5.37. The van der Waals surface area contributed by atoms with Gasteiger partial charge in [-0.25, -0.2) is 4.79 Å². The molecule has 0 aromatic heterocycles. The molecule has 0 amide bonds. The van der Waals surface area contributed by atoms with Crippen LogP contribution in [0, 0.1) is 0 Å². The molecule has 0 aromatic rings. The second-order valence-electron chi connectivity index (χ2n) is 3.49. The van der Waals surface area contributed by atoms with Gasteiger partial charge in [-0.3, -0.25) is 4.55 Å². The van der Waals surface area contributed by atoms with Crippen molar-refractivity contribution in [3.8, 4) is 0 Å². The van der Waals surface area contributed by atoms with Crippen LogP contribution in [0.5, 0.6) is 0 Å². The van der Waals surface area contributed by atoms with Gasteiger partial charge in [0, 0.05) is 12.0 Å². The van der Waals surface area contributed by atoms with Crippen LogP contribution in [-0.4, -0.2) is 30.8 Å². The van der Waals surface area contributed by atoms with Gasteiger partial charge in [-0.15, -0.1) is 0 Å². The Morgan fingerprint density at radius 3 is 2.35 bits per heavy atom. The van der Waals surface area contributed by atoms with Crippen LogP contribution in [0.4, 0.5) is 8.78 Å². The topological polar surface area (TPSA) is 80.7 Å². The van der Waals surface area contributed by atoms with Gasteiger partial charge in [0.1, 0.15) is 0 Å². The first kappa shape index (κ1) is 16.0. The predicted molar refractivity (Wildman–Crippen MR) is 56.1 cm³/mol. The molecule has 0 saturated carbocycles. The van der Waals surface area contributed by atoms with E-state index >= 15 is 0 Å². The molecule has 1 N–H and O–H groups in total. The van der Waals surface area contributed by atoms with Crippen molar-refractivity contribution < 1.29 is 31.3 Å². The van der Waals surface area contributed by atoms with Gasteiger partial charge in [0.2, 0.25) is 0 Å². The zero-order valence-electron chi connectivity index (χ0n) is 9.28. The van der Waals surface area contributed by atoms with Crippen molar-refractivity contribution in [2.24, 2.45) is 0 Å². The zero-order valence-corrected chi connectivity index (χ0v) is 10.1. The van der Waals surface area contributed by atoms with E-state index in [0.717, 1.165) is 0 Å². The molecule has 0 aliphatic carbocycles. The van der Waals surface area contributed by atoms with Crippen LogP contribution < -0.4 is 0 Å². The van der Waals surface area contributed by atoms with E-state index in [1.165, 1.54) is 6.92 Å². The summed E-state index contributed by atoms with van der Waals surface area (Å²) in [6.45, 7) is 4.65. The fourth-order valence-corrected chi connectivity index (χ4v) is 1.25. The van der Waals surface area contributed by atoms with Crippen molar-refractivity contribution in [2.45, 2.75) is 31.4 Å². The highest BCUT2D eigenvalue weighted by molar-refractivity contribution is 7.86. The molecule has 0 radical (unpaired) electrons. The Kier molecular flexibility index (Phi) is 5.70. The maximum Gasteiger partial charge on any atom is 0.370 e. The van der Waals surface area contributed by atoms with Crippen molar-refractivity contribution in [3.63, 3.8) is 0 Å². The number of unbranched alkanes of at least 4 members (excludes halogenated alkanes) is 1. The number of alkyl halides is 2. The predicted octanol–water partition coefficient (Wildman–Crippen LogP) is 1.76. The van der Waals surface area contributed by atoms with Crippen molar-refractivity contribution >= 4 is 16.1 Å². The van der Waals surface area contributed by atoms with Crippen LogP contribution >= 0.6 is 0 Å². The van der Waals surface area contributed by atoms with Gasteiger partial charge in [-0.05, 0) is 19.8 Å². The molecule has 0 atom stereocenters. The summed E-state index contributed by atoms with van der Waals surface area (Å²) in [5.41, 5.74) is 0.188. The quantitative estimate of drug-likeness (QED) is 0.330. The van der Waals surface area contributed by atoms with E-state index in [2.05, 4.69) is 11.3 Å². The molecule has 8 heteroatoms. The first-order valence-corrected chi connectivity index (χ1v) is 6.19. The third kappa shape index (κ3) is 5.73. The maximum absolute atomic E-state index is 12.7. The Morgan fingerprint density at radius 1 is 1.41 bits per heavy atom. The lowest BCUT2D eigenvalue weighted by atomic mass is 10.2. The zero-order chi connectivity index (χ0) is 13.7. The summed E-state index contributed by atoms with van der Waals surface area (Å²) in [5.74, 6) is -0.633. The second kappa shape index (κ2) is 6.06. The number of carbonyl (C=O) groups excluding carboxylic acids is 1. The van der Waals surface area contributed by atoms with E-state index in [1.54, 1.807) is 0 Å². The first-order chi connectivity index (χ1) is 7.58. The van der Waals surface area contributed by atoms with Crippen LogP contribution in [0.2, 0.25) is 0 Å². The first-order valence-electron chi connectivity index (χ1n) is 4.75. The summed E-state index contributed by atoms with van der Waals surface area (Å²) < 4.78 is 58.6. The third-order valence-electron chi connectivity index (χ3n) is 1.82. The summed E-state index contributed by atoms with van der Waals surface area (Å²) in [7, 11) is -5.37. The number of ether oxygens (including phenoxy) is 1. The normalized spacial score (nSPS) is 12.2. The van der Waals surface area contributed by atoms with Gasteiger partial charge in [0.05, 0.1) is 6.61 Å². The smallest absolute Gasteiger partial charge is 0.370 e. The van der Waals surface area contributed by atoms with Crippen LogP contribution in [0.25, 0.3) is 0 Å². The highest BCUT2D eigenvalue weighted by Gasteiger charge is 2.42. The summed E-state index contributed by atoms with van der Waals surface area (Å²) in [6.07, 6.45) is -1.14. The molecular formula is C9H14F2O5S. The molecule has 0 rings (SSSR count). The molecule has 0 spiro atoms. The molecule has 0 aliphatic heterocycles. The number of hydrogen-bond donors (Lipinski definition) is 1. The van der Waals surface area contributed by atoms with Gasteiger partial charge in [-0.1, -0.05) is 6.58 Å². The molecule has 5 nitrogen and oxygen atoms in total. The van der Waals surface area contributed by atoms with E-state index < -0.39 is 27.8 Å². The van der Waals surface area contributed by atoms with Gasteiger partial charge in [0.15, 0.2) is 0 Å². The monoisotopic (exact) mass is 272 g/mol. The maximum atomic E-state index is 12.7. The Morgan fingerprint density at radius 2 is 1.94 bits per heavy atom. The standard InChI is InChI=1S/C9H14F2O5S/c1-7(2)8(12)16-6-4-3-5-9(10,11)17(13,14)15/h1,3-6H2,2H3,(H,13,14,15). The van der Waals surface area contributed by atoms with Crippen molar-refractivity contribution in [1.29, 1.82) is 0 Å². The minimum Gasteiger partial charge on any atom is -0.462 e. The Bertz CT molecular complexity index is 388. The van der Waals surface area contributed by atoms with Crippen LogP contribution in [-0.2, 0) is 19.6 Å². The Labute approximate surface area is 98.2 Å². The van der Waals surface area contributed by atoms with Crippen molar-refractivity contribution in [2.75, 3.05) is 6.61 Å². The molecule has 100 valence electrons. The number of rotatable bonds is 7. The molecule has 0 saturated heterocycles. The lowest BCUT2D eigenvalue weighted by molar-refractivity contribution is -0.139. The largest absolute Gasteiger partial charge is 0.462 e. The Hall–Kier alpha value is -1.02. The number of hydrogen-bond acceptors (Lipinski definition) is 4. The molecule has 0 fully saturated rings. The highest BCUT2D eigenvalue weighted by atomic mass is 32.2. The van der Waals surface area contributed by atoms with Gasteiger partial charge < -0.3 is 4.74 Å². The van der Waals surface area contributed by atoms with Crippen molar-refractivity contribution in [3.05, 3.63) is 12.2 Å². The molecule has 0 bridgehead atoms. The number of esters is 1. The van der Waals surface area contributed by atoms with Crippen LogP contribution in [0.3, 0.4) is 0 Å². The lowest BCUT2D eigenvalue weighted by Gasteiger charge is -2.12. The summed E-state index contributed by atoms with van der Waals surface area (Å²) in [4.78, 5) is 10.9. The minimum absolute atomic E-state index is 0.0735. The molecule has 0 heterocycles. The fourth-order valence-electron chi connectivity index (χ4n) is 0.850. The second-order valence-corrected chi connectivity index (χ2v) is 5.03. The molecule has 0 unspecified atom stereocenters. The van der Waals surface area contributed by atoms with Crippen molar-refractivity contribution in [1.82, 2.24) is 0 Å². The summed E-state index contributed by atoms with van der Waals surface area (Å²) >= 11 is 0. The number of carbonyl (C=O) groups is 1.